The van der Waals surface area contributed by atoms with E-state index in [0.29, 0.717) is 5.69 Å². The van der Waals surface area contributed by atoms with Gasteiger partial charge in [0.25, 0.3) is 5.91 Å². The number of nitrogens with zero attached hydrogens (tertiary/aromatic N) is 1. The summed E-state index contributed by atoms with van der Waals surface area (Å²) in [6.45, 7) is 1.51. The summed E-state index contributed by atoms with van der Waals surface area (Å²) in [6.07, 6.45) is 2.21. The quantitative estimate of drug-likeness (QED) is 0.935. The highest BCUT2D eigenvalue weighted by molar-refractivity contribution is 5.93. The van der Waals surface area contributed by atoms with Crippen molar-refractivity contribution in [1.82, 2.24) is 4.98 Å². The molecule has 2 rings (SSSR count). The van der Waals surface area contributed by atoms with Crippen LogP contribution in [0.25, 0.3) is 0 Å². The van der Waals surface area contributed by atoms with Crippen molar-refractivity contribution in [3.05, 3.63) is 54.4 Å². The molecular weight excluding hydrogens is 266 g/mol. The molecule has 1 heterocycles. The smallest absolute Gasteiger partial charge is 0.265 e. The Morgan fingerprint density at radius 1 is 1.30 bits per heavy atom. The molecule has 1 aromatic heterocycles. The average molecular weight is 278 g/mol. The first kappa shape index (κ1) is 13.9. The number of nitrogens with one attached hydrogen (secondary N) is 1. The molecule has 1 N–H and O–H groups in total. The van der Waals surface area contributed by atoms with E-state index < -0.39 is 23.6 Å². The first-order chi connectivity index (χ1) is 9.56. The second-order valence-electron chi connectivity index (χ2n) is 4.07. The highest BCUT2D eigenvalue weighted by Crippen LogP contribution is 2.17. The Morgan fingerprint density at radius 3 is 2.75 bits per heavy atom. The molecule has 2 aromatic rings. The third-order valence-electron chi connectivity index (χ3n) is 2.50. The number of anilines is 1. The highest BCUT2D eigenvalue weighted by Gasteiger charge is 2.15. The lowest BCUT2D eigenvalue weighted by molar-refractivity contribution is -0.122. The fraction of sp³-hybridized carbons (Fsp3) is 0.143. The molecule has 1 aromatic carbocycles. The van der Waals surface area contributed by atoms with Crippen molar-refractivity contribution < 1.29 is 18.3 Å². The highest BCUT2D eigenvalue weighted by atomic mass is 19.2. The normalized spacial score (nSPS) is 11.8. The standard InChI is InChI=1S/C14H12F2N2O2/c1-9(14(19)18-10-3-2-6-17-8-10)20-11-4-5-12(15)13(16)7-11/h2-9H,1H3,(H,18,19)/t9-/m0/s1. The van der Waals surface area contributed by atoms with Gasteiger partial charge in [-0.15, -0.1) is 0 Å². The Balaban J connectivity index is 1.98. The number of amides is 1. The second-order valence-corrected chi connectivity index (χ2v) is 4.07. The zero-order valence-corrected chi connectivity index (χ0v) is 10.6. The van der Waals surface area contributed by atoms with Gasteiger partial charge >= 0.3 is 0 Å². The number of aromatic nitrogens is 1. The van der Waals surface area contributed by atoms with Gasteiger partial charge in [-0.2, -0.15) is 0 Å². The largest absolute Gasteiger partial charge is 0.481 e. The lowest BCUT2D eigenvalue weighted by Crippen LogP contribution is -2.30. The van der Waals surface area contributed by atoms with Crippen LogP contribution in [0.4, 0.5) is 14.5 Å². The molecule has 0 saturated carbocycles. The van der Waals surface area contributed by atoms with E-state index in [0.717, 1.165) is 12.1 Å². The van der Waals surface area contributed by atoms with Crippen molar-refractivity contribution >= 4 is 11.6 Å². The third-order valence-corrected chi connectivity index (χ3v) is 2.50. The van der Waals surface area contributed by atoms with E-state index in [-0.39, 0.29) is 5.75 Å². The minimum atomic E-state index is -1.03. The number of carbonyl (C=O) groups excluding carboxylic acids is 1. The molecule has 0 unspecified atom stereocenters. The molecule has 0 bridgehead atoms. The van der Waals surface area contributed by atoms with Crippen LogP contribution >= 0.6 is 0 Å². The van der Waals surface area contributed by atoms with Crippen LogP contribution in [0.15, 0.2) is 42.7 Å². The Kier molecular flexibility index (Phi) is 4.24. The molecule has 1 amide bonds. The summed E-state index contributed by atoms with van der Waals surface area (Å²) in [5, 5.41) is 2.59. The van der Waals surface area contributed by atoms with Gasteiger partial charge in [0.1, 0.15) is 5.75 Å². The van der Waals surface area contributed by atoms with Gasteiger partial charge in [0.2, 0.25) is 0 Å². The molecule has 0 spiro atoms. The molecule has 104 valence electrons. The van der Waals surface area contributed by atoms with Crippen molar-refractivity contribution in [2.75, 3.05) is 5.32 Å². The number of halogens is 2. The summed E-state index contributed by atoms with van der Waals surface area (Å²) in [6, 6.07) is 6.44. The van der Waals surface area contributed by atoms with Crippen LogP contribution in [-0.2, 0) is 4.79 Å². The Hall–Kier alpha value is -2.50. The Bertz CT molecular complexity index is 605. The Labute approximate surface area is 114 Å². The van der Waals surface area contributed by atoms with Crippen LogP contribution in [0.2, 0.25) is 0 Å². The van der Waals surface area contributed by atoms with E-state index in [1.54, 1.807) is 18.3 Å². The van der Waals surface area contributed by atoms with Gasteiger partial charge in [0.15, 0.2) is 17.7 Å². The molecule has 20 heavy (non-hydrogen) atoms. The van der Waals surface area contributed by atoms with Crippen molar-refractivity contribution in [2.45, 2.75) is 13.0 Å². The number of benzene rings is 1. The molecule has 1 atom stereocenters. The van der Waals surface area contributed by atoms with Gasteiger partial charge in [0, 0.05) is 12.3 Å². The minimum Gasteiger partial charge on any atom is -0.481 e. The van der Waals surface area contributed by atoms with Crippen LogP contribution in [0.5, 0.6) is 5.75 Å². The summed E-state index contributed by atoms with van der Waals surface area (Å²) >= 11 is 0. The lowest BCUT2D eigenvalue weighted by Gasteiger charge is -2.14. The molecule has 0 radical (unpaired) electrons. The summed E-state index contributed by atoms with van der Waals surface area (Å²) in [7, 11) is 0. The predicted octanol–water partition coefficient (Wildman–Crippen LogP) is 2.77. The van der Waals surface area contributed by atoms with Crippen molar-refractivity contribution in [1.29, 1.82) is 0 Å². The number of pyridine rings is 1. The molecule has 4 nitrogen and oxygen atoms in total. The third kappa shape index (κ3) is 3.50. The number of hydrogen-bond donors (Lipinski definition) is 1. The maximum absolute atomic E-state index is 13.0. The molecule has 0 saturated heterocycles. The van der Waals surface area contributed by atoms with Gasteiger partial charge in [-0.05, 0) is 31.2 Å². The van der Waals surface area contributed by atoms with E-state index in [1.807, 2.05) is 0 Å². The summed E-state index contributed by atoms with van der Waals surface area (Å²) in [5.74, 6) is -2.33. The monoisotopic (exact) mass is 278 g/mol. The van der Waals surface area contributed by atoms with Gasteiger partial charge in [-0.25, -0.2) is 8.78 Å². The molecule has 0 aliphatic carbocycles. The van der Waals surface area contributed by atoms with E-state index >= 15 is 0 Å². The molecule has 6 heteroatoms. The maximum Gasteiger partial charge on any atom is 0.265 e. The average Bonchev–Trinajstić information content (AvgIpc) is 2.44. The van der Waals surface area contributed by atoms with Crippen LogP contribution in [0, 0.1) is 11.6 Å². The van der Waals surface area contributed by atoms with Gasteiger partial charge in [-0.1, -0.05) is 0 Å². The zero-order chi connectivity index (χ0) is 14.5. The predicted molar refractivity (Wildman–Crippen MR) is 69.3 cm³/mol. The van der Waals surface area contributed by atoms with Crippen molar-refractivity contribution in [3.8, 4) is 5.75 Å². The SMILES string of the molecule is C[C@H](Oc1ccc(F)c(F)c1)C(=O)Nc1cccnc1. The molecule has 0 fully saturated rings. The topological polar surface area (TPSA) is 51.2 Å². The van der Waals surface area contributed by atoms with Crippen LogP contribution in [0.3, 0.4) is 0 Å². The van der Waals surface area contributed by atoms with Crippen molar-refractivity contribution in [2.24, 2.45) is 0 Å². The first-order valence-electron chi connectivity index (χ1n) is 5.89. The number of ether oxygens (including phenoxy) is 1. The van der Waals surface area contributed by atoms with Crippen LogP contribution in [-0.4, -0.2) is 17.0 Å². The van der Waals surface area contributed by atoms with Gasteiger partial charge in [0.05, 0.1) is 11.9 Å². The lowest BCUT2D eigenvalue weighted by atomic mass is 10.3. The van der Waals surface area contributed by atoms with E-state index in [4.69, 9.17) is 4.74 Å². The molecular formula is C14H12F2N2O2. The fourth-order valence-electron chi connectivity index (χ4n) is 1.49. The van der Waals surface area contributed by atoms with E-state index in [1.165, 1.54) is 19.2 Å². The molecule has 0 aliphatic rings. The second kappa shape index (κ2) is 6.10. The number of carbonyl (C=O) groups is 1. The summed E-state index contributed by atoms with van der Waals surface area (Å²) in [5.41, 5.74) is 0.526. The molecule has 0 aliphatic heterocycles. The zero-order valence-electron chi connectivity index (χ0n) is 10.6. The van der Waals surface area contributed by atoms with Crippen LogP contribution < -0.4 is 10.1 Å². The van der Waals surface area contributed by atoms with E-state index in [9.17, 15) is 13.6 Å². The minimum absolute atomic E-state index is 0.0812. The van der Waals surface area contributed by atoms with Gasteiger partial charge in [-0.3, -0.25) is 9.78 Å². The van der Waals surface area contributed by atoms with Gasteiger partial charge < -0.3 is 10.1 Å². The Morgan fingerprint density at radius 2 is 2.10 bits per heavy atom. The maximum atomic E-state index is 13.0. The fourth-order valence-corrected chi connectivity index (χ4v) is 1.49. The summed E-state index contributed by atoms with van der Waals surface area (Å²) in [4.78, 5) is 15.7. The van der Waals surface area contributed by atoms with E-state index in [2.05, 4.69) is 10.3 Å². The number of rotatable bonds is 4. The summed E-state index contributed by atoms with van der Waals surface area (Å²) < 4.78 is 31.0. The first-order valence-corrected chi connectivity index (χ1v) is 5.89. The van der Waals surface area contributed by atoms with Crippen molar-refractivity contribution in [3.63, 3.8) is 0 Å². The van der Waals surface area contributed by atoms with Crippen LogP contribution in [0.1, 0.15) is 6.92 Å². The number of hydrogen-bond acceptors (Lipinski definition) is 3.